The predicted molar refractivity (Wildman–Crippen MR) is 194 cm³/mol. The second-order valence-corrected chi connectivity index (χ2v) is 15.6. The molecule has 6 rings (SSSR count). The van der Waals surface area contributed by atoms with E-state index < -0.39 is 47.6 Å². The molecule has 6 amide bonds. The molecule has 0 radical (unpaired) electrons. The molecule has 0 aromatic carbocycles. The van der Waals surface area contributed by atoms with E-state index in [0.717, 1.165) is 43.5 Å². The highest BCUT2D eigenvalue weighted by Crippen LogP contribution is 2.41. The van der Waals surface area contributed by atoms with Crippen LogP contribution in [0.2, 0.25) is 0 Å². The molecule has 9 atom stereocenters. The fourth-order valence-corrected chi connectivity index (χ4v) is 9.40. The summed E-state index contributed by atoms with van der Waals surface area (Å²) >= 11 is 0. The minimum Gasteiger partial charge on any atom is -0.377 e. The molecule has 0 spiro atoms. The number of hydrazine groups is 1. The van der Waals surface area contributed by atoms with E-state index in [1.165, 1.54) is 12.8 Å². The number of hydrogen-bond acceptors (Lipinski definition) is 13. The standard InChI is InChI=1S/C37H60N8O9/c1-3-22(4-2)26-19-30(45-29(42-26)12-13-39-45)40-23-8-9-24(18-23)41-33(48)20-53-17-16-52-15-14-38-32(47)21-54-28-7-5-6-25-34(28)37(51)44(36(25)50)27-10-11-31(46)43-35(27)49/h22-30,34,39-40,42H,3-21H2,1-2H3,(H,38,47)(H,41,48)(H,43,46,49)/t23-,24-,25?,26?,27?,28?,29?,30?,34?/m0/s1. The lowest BCUT2D eigenvalue weighted by Crippen LogP contribution is -2.66. The van der Waals surface area contributed by atoms with Gasteiger partial charge in [0.15, 0.2) is 0 Å². The zero-order chi connectivity index (χ0) is 38.2. The van der Waals surface area contributed by atoms with Crippen molar-refractivity contribution in [1.82, 2.24) is 41.9 Å². The molecule has 6 N–H and O–H groups in total. The third-order valence-electron chi connectivity index (χ3n) is 12.2. The first kappa shape index (κ1) is 40.6. The molecule has 0 aromatic heterocycles. The molecule has 4 heterocycles. The highest BCUT2D eigenvalue weighted by Gasteiger charge is 2.56. The summed E-state index contributed by atoms with van der Waals surface area (Å²) in [6.07, 6.45) is 9.23. The number of fused-ring (bicyclic) bond motifs is 2. The van der Waals surface area contributed by atoms with Crippen LogP contribution in [0.1, 0.15) is 90.9 Å². The fourth-order valence-electron chi connectivity index (χ4n) is 9.40. The van der Waals surface area contributed by atoms with Gasteiger partial charge in [0.2, 0.25) is 35.4 Å². The van der Waals surface area contributed by atoms with Gasteiger partial charge >= 0.3 is 0 Å². The van der Waals surface area contributed by atoms with Crippen molar-refractivity contribution in [3.8, 4) is 0 Å². The van der Waals surface area contributed by atoms with Crippen LogP contribution in [0, 0.1) is 17.8 Å². The number of amides is 6. The third-order valence-corrected chi connectivity index (χ3v) is 12.2. The van der Waals surface area contributed by atoms with Gasteiger partial charge in [0, 0.05) is 37.6 Å². The number of ether oxygens (including phenoxy) is 3. The van der Waals surface area contributed by atoms with Crippen LogP contribution in [0.4, 0.5) is 0 Å². The second-order valence-electron chi connectivity index (χ2n) is 15.6. The van der Waals surface area contributed by atoms with E-state index in [1.54, 1.807) is 0 Å². The van der Waals surface area contributed by atoms with Gasteiger partial charge in [-0.05, 0) is 57.3 Å². The molecule has 17 heteroatoms. The second kappa shape index (κ2) is 19.2. The Morgan fingerprint density at radius 2 is 1.67 bits per heavy atom. The lowest BCUT2D eigenvalue weighted by molar-refractivity contribution is -0.152. The van der Waals surface area contributed by atoms with Gasteiger partial charge in [-0.3, -0.25) is 55.0 Å². The number of likely N-dealkylation sites (tertiary alicyclic amines) is 1. The van der Waals surface area contributed by atoms with Crippen molar-refractivity contribution >= 4 is 35.4 Å². The zero-order valence-corrected chi connectivity index (χ0v) is 31.8. The quantitative estimate of drug-likeness (QED) is 0.0763. The summed E-state index contributed by atoms with van der Waals surface area (Å²) in [7, 11) is 0. The van der Waals surface area contributed by atoms with Gasteiger partial charge in [0.05, 0.1) is 50.1 Å². The Kier molecular flexibility index (Phi) is 14.4. The van der Waals surface area contributed by atoms with Gasteiger partial charge in [0.1, 0.15) is 19.3 Å². The molecule has 4 aliphatic heterocycles. The van der Waals surface area contributed by atoms with Crippen LogP contribution in [0.3, 0.4) is 0 Å². The normalized spacial score (nSPS) is 32.9. The highest BCUT2D eigenvalue weighted by molar-refractivity contribution is 6.11. The van der Waals surface area contributed by atoms with Crippen LogP contribution < -0.4 is 32.0 Å². The maximum Gasteiger partial charge on any atom is 0.249 e. The first-order valence-corrected chi connectivity index (χ1v) is 20.2. The molecule has 2 saturated carbocycles. The van der Waals surface area contributed by atoms with E-state index in [2.05, 4.69) is 50.9 Å². The van der Waals surface area contributed by atoms with Crippen molar-refractivity contribution in [2.24, 2.45) is 17.8 Å². The predicted octanol–water partition coefficient (Wildman–Crippen LogP) is -0.601. The summed E-state index contributed by atoms with van der Waals surface area (Å²) in [5, 5.41) is 18.2. The van der Waals surface area contributed by atoms with Crippen molar-refractivity contribution < 1.29 is 43.0 Å². The van der Waals surface area contributed by atoms with Gasteiger partial charge in [-0.1, -0.05) is 33.1 Å². The van der Waals surface area contributed by atoms with Crippen molar-refractivity contribution in [2.75, 3.05) is 46.1 Å². The fraction of sp³-hybridized carbons (Fsp3) is 0.838. The minimum atomic E-state index is -0.999. The average Bonchev–Trinajstić information content (AvgIpc) is 3.88. The van der Waals surface area contributed by atoms with Gasteiger partial charge in [-0.2, -0.15) is 0 Å². The van der Waals surface area contributed by atoms with Crippen LogP contribution in [0.25, 0.3) is 0 Å². The van der Waals surface area contributed by atoms with Crippen LogP contribution >= 0.6 is 0 Å². The number of imide groups is 2. The van der Waals surface area contributed by atoms with E-state index in [0.29, 0.717) is 43.4 Å². The Labute approximate surface area is 317 Å². The van der Waals surface area contributed by atoms with Gasteiger partial charge in [-0.15, -0.1) is 0 Å². The van der Waals surface area contributed by atoms with E-state index in [1.807, 2.05) is 0 Å². The summed E-state index contributed by atoms with van der Waals surface area (Å²) in [4.78, 5) is 76.4. The van der Waals surface area contributed by atoms with E-state index in [4.69, 9.17) is 14.2 Å². The minimum absolute atomic E-state index is 0.0424. The van der Waals surface area contributed by atoms with Crippen LogP contribution in [0.5, 0.6) is 0 Å². The van der Waals surface area contributed by atoms with E-state index >= 15 is 0 Å². The molecule has 4 saturated heterocycles. The molecule has 2 aliphatic carbocycles. The molecule has 0 aromatic rings. The zero-order valence-electron chi connectivity index (χ0n) is 31.8. The molecular formula is C37H60N8O9. The number of piperidine rings is 1. The lowest BCUT2D eigenvalue weighted by Gasteiger charge is -2.45. The van der Waals surface area contributed by atoms with Crippen molar-refractivity contribution in [1.29, 1.82) is 0 Å². The summed E-state index contributed by atoms with van der Waals surface area (Å²) in [6.45, 7) is 6.21. The molecule has 7 unspecified atom stereocenters. The molecule has 54 heavy (non-hydrogen) atoms. The number of nitrogens with one attached hydrogen (secondary N) is 6. The van der Waals surface area contributed by atoms with Crippen LogP contribution in [-0.4, -0.2) is 134 Å². The Bertz CT molecular complexity index is 1370. The molecule has 302 valence electrons. The summed E-state index contributed by atoms with van der Waals surface area (Å²) in [5.41, 5.74) is 3.56. The summed E-state index contributed by atoms with van der Waals surface area (Å²) < 4.78 is 16.9. The monoisotopic (exact) mass is 760 g/mol. The smallest absolute Gasteiger partial charge is 0.249 e. The van der Waals surface area contributed by atoms with Gasteiger partial charge < -0.3 is 24.8 Å². The SMILES string of the molecule is CCC(CC)C1CC(N[C@H]2CC[C@H](NC(=O)COCCOCCNC(=O)COC3CCCC4C(=O)N(C5CCC(=O)NC5=O)C(=O)C34)C2)N2NCCC2N1. The maximum absolute atomic E-state index is 13.3. The van der Waals surface area contributed by atoms with Crippen LogP contribution in [-0.2, 0) is 43.0 Å². The Hall–Kier alpha value is -3.06. The number of carbonyl (C=O) groups is 6. The van der Waals surface area contributed by atoms with Gasteiger partial charge in [0.25, 0.3) is 0 Å². The Morgan fingerprint density at radius 1 is 0.870 bits per heavy atom. The number of rotatable bonds is 18. The average molecular weight is 761 g/mol. The largest absolute Gasteiger partial charge is 0.377 e. The summed E-state index contributed by atoms with van der Waals surface area (Å²) in [5.74, 6) is -3.15. The maximum atomic E-state index is 13.3. The first-order chi connectivity index (χ1) is 26.2. The number of hydrogen-bond donors (Lipinski definition) is 6. The van der Waals surface area contributed by atoms with E-state index in [9.17, 15) is 28.8 Å². The van der Waals surface area contributed by atoms with Crippen molar-refractivity contribution in [2.45, 2.75) is 134 Å². The number of nitrogens with zero attached hydrogens (tertiary/aromatic N) is 2. The molecule has 6 fully saturated rings. The molecule has 6 aliphatic rings. The number of carbonyl (C=O) groups excluding carboxylic acids is 6. The summed E-state index contributed by atoms with van der Waals surface area (Å²) in [6, 6.07) is -0.0182. The topological polar surface area (TPSA) is 209 Å². The lowest BCUT2D eigenvalue weighted by atomic mass is 9.79. The van der Waals surface area contributed by atoms with Gasteiger partial charge in [-0.25, -0.2) is 5.01 Å². The molecule has 17 nitrogen and oxygen atoms in total. The van der Waals surface area contributed by atoms with Crippen LogP contribution in [0.15, 0.2) is 0 Å². The third kappa shape index (κ3) is 9.84. The van der Waals surface area contributed by atoms with E-state index in [-0.39, 0.29) is 76.4 Å². The Balaban J connectivity index is 0.802. The first-order valence-electron chi connectivity index (χ1n) is 20.2. The molecular weight excluding hydrogens is 700 g/mol. The molecule has 0 bridgehead atoms. The Morgan fingerprint density at radius 3 is 2.46 bits per heavy atom. The van der Waals surface area contributed by atoms with Crippen molar-refractivity contribution in [3.05, 3.63) is 0 Å². The highest BCUT2D eigenvalue weighted by atomic mass is 16.5. The van der Waals surface area contributed by atoms with Crippen molar-refractivity contribution in [3.63, 3.8) is 0 Å².